The molecule has 5 heteroatoms. The highest BCUT2D eigenvalue weighted by molar-refractivity contribution is 5.32. The fourth-order valence-corrected chi connectivity index (χ4v) is 1.72. The Morgan fingerprint density at radius 2 is 2.29 bits per heavy atom. The second kappa shape index (κ2) is 7.29. The molecule has 5 nitrogen and oxygen atoms in total. The first-order valence-electron chi connectivity index (χ1n) is 6.19. The Labute approximate surface area is 104 Å². The lowest BCUT2D eigenvalue weighted by Gasteiger charge is -2.19. The average Bonchev–Trinajstić information content (AvgIpc) is 2.76. The molecular formula is C12H24N4O. The lowest BCUT2D eigenvalue weighted by molar-refractivity contribution is 0.187. The Kier molecular flexibility index (Phi) is 6.00. The first-order valence-corrected chi connectivity index (χ1v) is 6.19. The largest absolute Gasteiger partial charge is 0.383 e. The van der Waals surface area contributed by atoms with Gasteiger partial charge in [-0.15, -0.1) is 0 Å². The summed E-state index contributed by atoms with van der Waals surface area (Å²) in [4.78, 5) is 6.78. The predicted octanol–water partition coefficient (Wildman–Crippen LogP) is 0.877. The van der Waals surface area contributed by atoms with Gasteiger partial charge in [0.05, 0.1) is 12.3 Å². The van der Waals surface area contributed by atoms with Crippen LogP contribution >= 0.6 is 0 Å². The molecule has 0 atom stereocenters. The summed E-state index contributed by atoms with van der Waals surface area (Å²) in [5, 5.41) is 0. The number of methoxy groups -OCH3 is 1. The zero-order chi connectivity index (χ0) is 12.7. The molecule has 1 rings (SSSR count). The van der Waals surface area contributed by atoms with E-state index >= 15 is 0 Å². The highest BCUT2D eigenvalue weighted by Crippen LogP contribution is 2.14. The highest BCUT2D eigenvalue weighted by atomic mass is 16.5. The van der Waals surface area contributed by atoms with Crippen molar-refractivity contribution in [2.45, 2.75) is 26.3 Å². The summed E-state index contributed by atoms with van der Waals surface area (Å²) in [5.41, 5.74) is 6.65. The standard InChI is InChI=1S/C12H24N4O/c1-4-11-10-16(8-9-17-3)12(14-11)15(2)7-5-6-13/h10H,4-9,13H2,1-3H3. The van der Waals surface area contributed by atoms with Gasteiger partial charge in [-0.3, -0.25) is 0 Å². The van der Waals surface area contributed by atoms with Crippen LogP contribution in [0.2, 0.25) is 0 Å². The van der Waals surface area contributed by atoms with Gasteiger partial charge in [-0.05, 0) is 19.4 Å². The van der Waals surface area contributed by atoms with Crippen LogP contribution in [0.4, 0.5) is 5.95 Å². The van der Waals surface area contributed by atoms with Crippen molar-refractivity contribution in [3.63, 3.8) is 0 Å². The molecule has 0 radical (unpaired) electrons. The van der Waals surface area contributed by atoms with Crippen molar-refractivity contribution in [2.75, 3.05) is 38.8 Å². The van der Waals surface area contributed by atoms with Gasteiger partial charge in [-0.1, -0.05) is 6.92 Å². The molecule has 0 aliphatic heterocycles. The van der Waals surface area contributed by atoms with Crippen molar-refractivity contribution < 1.29 is 4.74 Å². The number of hydrogen-bond acceptors (Lipinski definition) is 4. The molecule has 1 heterocycles. The topological polar surface area (TPSA) is 56.3 Å². The third-order valence-corrected chi connectivity index (χ3v) is 2.74. The maximum Gasteiger partial charge on any atom is 0.205 e. The third-order valence-electron chi connectivity index (χ3n) is 2.74. The van der Waals surface area contributed by atoms with Crippen LogP contribution in [0.5, 0.6) is 0 Å². The number of nitrogens with zero attached hydrogens (tertiary/aromatic N) is 3. The summed E-state index contributed by atoms with van der Waals surface area (Å²) < 4.78 is 7.27. The minimum Gasteiger partial charge on any atom is -0.383 e. The lowest BCUT2D eigenvalue weighted by atomic mass is 10.4. The molecular weight excluding hydrogens is 216 g/mol. The predicted molar refractivity (Wildman–Crippen MR) is 70.4 cm³/mol. The number of rotatable bonds is 8. The van der Waals surface area contributed by atoms with E-state index in [1.807, 2.05) is 0 Å². The number of imidazole rings is 1. The number of ether oxygens (including phenoxy) is 1. The second-order valence-electron chi connectivity index (χ2n) is 4.14. The van der Waals surface area contributed by atoms with E-state index in [1.165, 1.54) is 0 Å². The van der Waals surface area contributed by atoms with E-state index in [2.05, 4.69) is 34.6 Å². The van der Waals surface area contributed by atoms with Gasteiger partial charge in [0, 0.05) is 33.4 Å². The van der Waals surface area contributed by atoms with Crippen LogP contribution < -0.4 is 10.6 Å². The minimum absolute atomic E-state index is 0.706. The molecule has 0 aromatic carbocycles. The van der Waals surface area contributed by atoms with Crippen LogP contribution in [-0.4, -0.2) is 43.4 Å². The van der Waals surface area contributed by atoms with Crippen molar-refractivity contribution in [3.8, 4) is 0 Å². The van der Waals surface area contributed by atoms with Crippen molar-refractivity contribution in [2.24, 2.45) is 5.73 Å². The molecule has 1 aromatic heterocycles. The molecule has 0 spiro atoms. The van der Waals surface area contributed by atoms with Gasteiger partial charge in [-0.25, -0.2) is 4.98 Å². The lowest BCUT2D eigenvalue weighted by Crippen LogP contribution is -2.24. The van der Waals surface area contributed by atoms with Gasteiger partial charge in [0.1, 0.15) is 0 Å². The number of nitrogens with two attached hydrogens (primary N) is 1. The maximum absolute atomic E-state index is 5.53. The molecule has 0 aliphatic carbocycles. The molecule has 2 N–H and O–H groups in total. The maximum atomic E-state index is 5.53. The Balaban J connectivity index is 2.75. The quantitative estimate of drug-likeness (QED) is 0.733. The molecule has 0 bridgehead atoms. The van der Waals surface area contributed by atoms with Crippen molar-refractivity contribution >= 4 is 5.95 Å². The van der Waals surface area contributed by atoms with Crippen LogP contribution in [0.3, 0.4) is 0 Å². The Hall–Kier alpha value is -1.07. The molecule has 98 valence electrons. The molecule has 0 fully saturated rings. The monoisotopic (exact) mass is 240 g/mol. The molecule has 0 saturated heterocycles. The molecule has 0 saturated carbocycles. The number of aromatic nitrogens is 2. The number of hydrogen-bond donors (Lipinski definition) is 1. The summed E-state index contributed by atoms with van der Waals surface area (Å²) in [6.07, 6.45) is 4.04. The highest BCUT2D eigenvalue weighted by Gasteiger charge is 2.10. The van der Waals surface area contributed by atoms with Crippen LogP contribution in [0.15, 0.2) is 6.20 Å². The Bertz CT molecular complexity index is 324. The molecule has 0 amide bonds. The summed E-state index contributed by atoms with van der Waals surface area (Å²) in [6, 6.07) is 0. The Morgan fingerprint density at radius 3 is 2.88 bits per heavy atom. The van der Waals surface area contributed by atoms with Crippen LogP contribution in [-0.2, 0) is 17.7 Å². The average molecular weight is 240 g/mol. The summed E-state index contributed by atoms with van der Waals surface area (Å²) in [7, 11) is 3.77. The van der Waals surface area contributed by atoms with Gasteiger partial charge in [0.15, 0.2) is 0 Å². The van der Waals surface area contributed by atoms with Crippen LogP contribution in [0, 0.1) is 0 Å². The molecule has 17 heavy (non-hydrogen) atoms. The van der Waals surface area contributed by atoms with E-state index in [9.17, 15) is 0 Å². The minimum atomic E-state index is 0.706. The van der Waals surface area contributed by atoms with Gasteiger partial charge < -0.3 is 19.9 Å². The molecule has 0 aliphatic rings. The van der Waals surface area contributed by atoms with Crippen LogP contribution in [0.25, 0.3) is 0 Å². The SMILES string of the molecule is CCc1cn(CCOC)c(N(C)CCCN)n1. The van der Waals surface area contributed by atoms with E-state index in [4.69, 9.17) is 10.5 Å². The van der Waals surface area contributed by atoms with Crippen molar-refractivity contribution in [3.05, 3.63) is 11.9 Å². The van der Waals surface area contributed by atoms with Gasteiger partial charge >= 0.3 is 0 Å². The molecule has 0 unspecified atom stereocenters. The van der Waals surface area contributed by atoms with Gasteiger partial charge in [0.25, 0.3) is 0 Å². The number of aryl methyl sites for hydroxylation is 1. The summed E-state index contributed by atoms with van der Waals surface area (Å²) in [5.74, 6) is 1.01. The smallest absolute Gasteiger partial charge is 0.205 e. The number of anilines is 1. The zero-order valence-corrected chi connectivity index (χ0v) is 11.1. The Morgan fingerprint density at radius 1 is 1.53 bits per heavy atom. The van der Waals surface area contributed by atoms with Crippen LogP contribution in [0.1, 0.15) is 19.0 Å². The first kappa shape index (κ1) is 14.0. The van der Waals surface area contributed by atoms with E-state index in [1.54, 1.807) is 7.11 Å². The first-order chi connectivity index (χ1) is 8.22. The fourth-order valence-electron chi connectivity index (χ4n) is 1.72. The van der Waals surface area contributed by atoms with Crippen molar-refractivity contribution in [1.29, 1.82) is 0 Å². The van der Waals surface area contributed by atoms with E-state index < -0.39 is 0 Å². The van der Waals surface area contributed by atoms with Gasteiger partial charge in [-0.2, -0.15) is 0 Å². The van der Waals surface area contributed by atoms with Gasteiger partial charge in [0.2, 0.25) is 5.95 Å². The molecule has 1 aromatic rings. The van der Waals surface area contributed by atoms with E-state index in [0.29, 0.717) is 13.2 Å². The fraction of sp³-hybridized carbons (Fsp3) is 0.750. The summed E-state index contributed by atoms with van der Waals surface area (Å²) in [6.45, 7) is 5.31. The van der Waals surface area contributed by atoms with Crippen molar-refractivity contribution in [1.82, 2.24) is 9.55 Å². The normalized spacial score (nSPS) is 10.8. The zero-order valence-electron chi connectivity index (χ0n) is 11.1. The summed E-state index contributed by atoms with van der Waals surface area (Å²) >= 11 is 0. The third kappa shape index (κ3) is 4.02. The van der Waals surface area contributed by atoms with E-state index in [0.717, 1.165) is 37.6 Å². The van der Waals surface area contributed by atoms with E-state index in [-0.39, 0.29) is 0 Å². The second-order valence-corrected chi connectivity index (χ2v) is 4.14.